The lowest BCUT2D eigenvalue weighted by Gasteiger charge is -2.09. The van der Waals surface area contributed by atoms with E-state index in [4.69, 9.17) is 5.11 Å². The molecule has 0 saturated carbocycles. The highest BCUT2D eigenvalue weighted by Gasteiger charge is 2.15. The molecule has 1 aromatic carbocycles. The number of carboxylic acids is 1. The van der Waals surface area contributed by atoms with Gasteiger partial charge in [-0.3, -0.25) is 4.79 Å². The van der Waals surface area contributed by atoms with Crippen LogP contribution in [0.1, 0.15) is 18.9 Å². The van der Waals surface area contributed by atoms with Gasteiger partial charge in [-0.05, 0) is 30.2 Å². The molecule has 0 fully saturated rings. The molecule has 1 unspecified atom stereocenters. The first-order valence-corrected chi connectivity index (χ1v) is 6.29. The van der Waals surface area contributed by atoms with Crippen LogP contribution in [-0.4, -0.2) is 23.0 Å². The largest absolute Gasteiger partial charge is 0.480 e. The lowest BCUT2D eigenvalue weighted by molar-refractivity contribution is -0.141. The Hall–Kier alpha value is -1.62. The second-order valence-corrected chi connectivity index (χ2v) is 4.61. The SMILES string of the molecule is CCC(NC(=O)/C=C/c1cccc(Br)c1)C(=O)O. The summed E-state index contributed by atoms with van der Waals surface area (Å²) in [4.78, 5) is 22.2. The van der Waals surface area contributed by atoms with E-state index in [1.807, 2.05) is 24.3 Å². The summed E-state index contributed by atoms with van der Waals surface area (Å²) >= 11 is 3.33. The van der Waals surface area contributed by atoms with Crippen LogP contribution in [0.15, 0.2) is 34.8 Å². The molecule has 5 heteroatoms. The lowest BCUT2D eigenvalue weighted by Crippen LogP contribution is -2.39. The maximum atomic E-state index is 11.5. The molecule has 0 spiro atoms. The minimum absolute atomic E-state index is 0.353. The molecular weight excluding hydrogens is 298 g/mol. The van der Waals surface area contributed by atoms with E-state index in [-0.39, 0.29) is 0 Å². The van der Waals surface area contributed by atoms with Gasteiger partial charge in [-0.2, -0.15) is 0 Å². The summed E-state index contributed by atoms with van der Waals surface area (Å²) in [6.07, 6.45) is 3.31. The number of benzene rings is 1. The Morgan fingerprint density at radius 1 is 1.50 bits per heavy atom. The molecule has 96 valence electrons. The molecule has 1 atom stereocenters. The monoisotopic (exact) mass is 311 g/mol. The van der Waals surface area contributed by atoms with Crippen molar-refractivity contribution >= 4 is 33.9 Å². The molecule has 0 radical (unpaired) electrons. The number of aliphatic carboxylic acids is 1. The van der Waals surface area contributed by atoms with Gasteiger partial charge in [0.25, 0.3) is 0 Å². The van der Waals surface area contributed by atoms with Crippen LogP contribution in [0.25, 0.3) is 6.08 Å². The molecule has 1 aromatic rings. The fourth-order valence-electron chi connectivity index (χ4n) is 1.34. The molecule has 0 aliphatic heterocycles. The fourth-order valence-corrected chi connectivity index (χ4v) is 1.76. The predicted molar refractivity (Wildman–Crippen MR) is 73.0 cm³/mol. The molecule has 18 heavy (non-hydrogen) atoms. The summed E-state index contributed by atoms with van der Waals surface area (Å²) < 4.78 is 0.919. The molecule has 0 aliphatic rings. The second-order valence-electron chi connectivity index (χ2n) is 3.70. The molecule has 0 aliphatic carbocycles. The van der Waals surface area contributed by atoms with Gasteiger partial charge in [0.15, 0.2) is 0 Å². The number of amides is 1. The van der Waals surface area contributed by atoms with Crippen molar-refractivity contribution in [1.82, 2.24) is 5.32 Å². The van der Waals surface area contributed by atoms with E-state index in [9.17, 15) is 9.59 Å². The number of hydrogen-bond donors (Lipinski definition) is 2. The quantitative estimate of drug-likeness (QED) is 0.821. The normalized spacial score (nSPS) is 12.3. The average molecular weight is 312 g/mol. The van der Waals surface area contributed by atoms with Crippen LogP contribution in [0.2, 0.25) is 0 Å². The highest BCUT2D eigenvalue weighted by atomic mass is 79.9. The van der Waals surface area contributed by atoms with Crippen molar-refractivity contribution in [2.24, 2.45) is 0 Å². The van der Waals surface area contributed by atoms with Gasteiger partial charge in [-0.15, -0.1) is 0 Å². The Morgan fingerprint density at radius 2 is 2.22 bits per heavy atom. The molecule has 4 nitrogen and oxygen atoms in total. The highest BCUT2D eigenvalue weighted by Crippen LogP contribution is 2.12. The molecule has 0 bridgehead atoms. The van der Waals surface area contributed by atoms with Crippen LogP contribution in [0.3, 0.4) is 0 Å². The van der Waals surface area contributed by atoms with Gasteiger partial charge in [0.05, 0.1) is 0 Å². The first-order chi connectivity index (χ1) is 8.52. The van der Waals surface area contributed by atoms with E-state index >= 15 is 0 Å². The number of carbonyl (C=O) groups excluding carboxylic acids is 1. The molecular formula is C13H14BrNO3. The van der Waals surface area contributed by atoms with E-state index in [2.05, 4.69) is 21.2 Å². The van der Waals surface area contributed by atoms with Crippen molar-refractivity contribution in [2.45, 2.75) is 19.4 Å². The van der Waals surface area contributed by atoms with Crippen molar-refractivity contribution < 1.29 is 14.7 Å². The van der Waals surface area contributed by atoms with E-state index < -0.39 is 17.9 Å². The van der Waals surface area contributed by atoms with E-state index in [1.165, 1.54) is 6.08 Å². The standard InChI is InChI=1S/C13H14BrNO3/c1-2-11(13(17)18)15-12(16)7-6-9-4-3-5-10(14)8-9/h3-8,11H,2H2,1H3,(H,15,16)(H,17,18)/b7-6+. The summed E-state index contributed by atoms with van der Waals surface area (Å²) in [7, 11) is 0. The van der Waals surface area contributed by atoms with Gasteiger partial charge < -0.3 is 10.4 Å². The second kappa shape index (κ2) is 6.96. The first-order valence-electron chi connectivity index (χ1n) is 5.50. The Balaban J connectivity index is 2.62. The van der Waals surface area contributed by atoms with Crippen LogP contribution in [0.4, 0.5) is 0 Å². The van der Waals surface area contributed by atoms with E-state index in [0.29, 0.717) is 6.42 Å². The number of rotatable bonds is 5. The minimum Gasteiger partial charge on any atom is -0.480 e. The zero-order valence-electron chi connectivity index (χ0n) is 9.89. The molecule has 1 amide bonds. The van der Waals surface area contributed by atoms with Gasteiger partial charge in [-0.25, -0.2) is 4.79 Å². The summed E-state index contributed by atoms with van der Waals surface area (Å²) in [5.74, 6) is -1.44. The van der Waals surface area contributed by atoms with Crippen LogP contribution in [0.5, 0.6) is 0 Å². The predicted octanol–water partition coefficient (Wildman–Crippen LogP) is 2.44. The van der Waals surface area contributed by atoms with Gasteiger partial charge in [0.1, 0.15) is 6.04 Å². The smallest absolute Gasteiger partial charge is 0.326 e. The Kier molecular flexibility index (Phi) is 5.58. The van der Waals surface area contributed by atoms with Crippen molar-refractivity contribution in [3.05, 3.63) is 40.4 Å². The highest BCUT2D eigenvalue weighted by molar-refractivity contribution is 9.10. The summed E-state index contributed by atoms with van der Waals surface area (Å²) in [6.45, 7) is 1.71. The van der Waals surface area contributed by atoms with Crippen LogP contribution >= 0.6 is 15.9 Å². The Morgan fingerprint density at radius 3 is 2.78 bits per heavy atom. The van der Waals surface area contributed by atoms with Gasteiger partial charge >= 0.3 is 5.97 Å². The summed E-state index contributed by atoms with van der Waals surface area (Å²) in [6, 6.07) is 6.61. The summed E-state index contributed by atoms with van der Waals surface area (Å²) in [5, 5.41) is 11.2. The zero-order valence-corrected chi connectivity index (χ0v) is 11.5. The summed E-state index contributed by atoms with van der Waals surface area (Å²) in [5.41, 5.74) is 0.864. The zero-order chi connectivity index (χ0) is 13.5. The van der Waals surface area contributed by atoms with Crippen molar-refractivity contribution in [3.8, 4) is 0 Å². The van der Waals surface area contributed by atoms with Crippen LogP contribution in [0, 0.1) is 0 Å². The maximum Gasteiger partial charge on any atom is 0.326 e. The van der Waals surface area contributed by atoms with Crippen LogP contribution in [-0.2, 0) is 9.59 Å². The Bertz CT molecular complexity index is 471. The van der Waals surface area contributed by atoms with E-state index in [1.54, 1.807) is 13.0 Å². The molecule has 1 rings (SSSR count). The average Bonchev–Trinajstić information content (AvgIpc) is 2.33. The molecule has 2 N–H and O–H groups in total. The molecule has 0 saturated heterocycles. The third-order valence-electron chi connectivity index (χ3n) is 2.30. The number of hydrogen-bond acceptors (Lipinski definition) is 2. The third-order valence-corrected chi connectivity index (χ3v) is 2.79. The van der Waals surface area contributed by atoms with E-state index in [0.717, 1.165) is 10.0 Å². The number of halogens is 1. The van der Waals surface area contributed by atoms with Crippen molar-refractivity contribution in [3.63, 3.8) is 0 Å². The lowest BCUT2D eigenvalue weighted by atomic mass is 10.2. The topological polar surface area (TPSA) is 66.4 Å². The van der Waals surface area contributed by atoms with Gasteiger partial charge in [0.2, 0.25) is 5.91 Å². The first kappa shape index (κ1) is 14.4. The number of carbonyl (C=O) groups is 2. The molecule has 0 heterocycles. The number of nitrogens with one attached hydrogen (secondary N) is 1. The minimum atomic E-state index is -1.03. The molecule has 0 aromatic heterocycles. The number of carboxylic acid groups (broad SMARTS) is 1. The van der Waals surface area contributed by atoms with Crippen molar-refractivity contribution in [1.29, 1.82) is 0 Å². The van der Waals surface area contributed by atoms with Crippen molar-refractivity contribution in [2.75, 3.05) is 0 Å². The van der Waals surface area contributed by atoms with Gasteiger partial charge in [-0.1, -0.05) is 35.0 Å². The Labute approximate surface area is 114 Å². The fraction of sp³-hybridized carbons (Fsp3) is 0.231. The third kappa shape index (κ3) is 4.71. The maximum absolute atomic E-state index is 11.5. The van der Waals surface area contributed by atoms with Gasteiger partial charge in [0, 0.05) is 10.5 Å². The van der Waals surface area contributed by atoms with Crippen LogP contribution < -0.4 is 5.32 Å².